The smallest absolute Gasteiger partial charge is 0.331 e. The molecule has 5 nitrogen and oxygen atoms in total. The van der Waals surface area contributed by atoms with Gasteiger partial charge in [0.15, 0.2) is 6.04 Å². The number of thiophene rings is 1. The van der Waals surface area contributed by atoms with Gasteiger partial charge in [-0.25, -0.2) is 9.59 Å². The Kier molecular flexibility index (Phi) is 5.33. The second kappa shape index (κ2) is 6.56. The van der Waals surface area contributed by atoms with Crippen LogP contribution in [0.4, 0.5) is 4.79 Å². The number of carboxylic acid groups (broad SMARTS) is 1. The van der Waals surface area contributed by atoms with Crippen molar-refractivity contribution in [3.05, 3.63) is 35.0 Å². The Morgan fingerprint density at radius 3 is 2.60 bits per heavy atom. The first-order valence-electron chi connectivity index (χ1n) is 6.22. The summed E-state index contributed by atoms with van der Waals surface area (Å²) in [5, 5.41) is 13.6. The number of hydrogen-bond donors (Lipinski definition) is 2. The van der Waals surface area contributed by atoms with E-state index in [0.717, 1.165) is 0 Å². The lowest BCUT2D eigenvalue weighted by Crippen LogP contribution is -2.51. The Morgan fingerprint density at radius 2 is 2.20 bits per heavy atom. The molecule has 2 N–H and O–H groups in total. The number of aliphatic carboxylic acids is 1. The van der Waals surface area contributed by atoms with Crippen molar-refractivity contribution in [1.29, 1.82) is 0 Å². The molecule has 20 heavy (non-hydrogen) atoms. The monoisotopic (exact) mass is 296 g/mol. The molecule has 0 spiro atoms. The van der Waals surface area contributed by atoms with Crippen LogP contribution in [0.5, 0.6) is 0 Å². The molecule has 1 atom stereocenters. The molecule has 0 radical (unpaired) electrons. The predicted octanol–water partition coefficient (Wildman–Crippen LogP) is 2.87. The van der Waals surface area contributed by atoms with Gasteiger partial charge in [-0.05, 0) is 32.2 Å². The summed E-state index contributed by atoms with van der Waals surface area (Å²) in [5.74, 6) is -1.08. The van der Waals surface area contributed by atoms with Crippen LogP contribution >= 0.6 is 11.3 Å². The Balaban J connectivity index is 2.90. The topological polar surface area (TPSA) is 69.6 Å². The van der Waals surface area contributed by atoms with Crippen molar-refractivity contribution in [3.63, 3.8) is 0 Å². The van der Waals surface area contributed by atoms with E-state index in [1.165, 1.54) is 11.3 Å². The van der Waals surface area contributed by atoms with Gasteiger partial charge in [0.2, 0.25) is 0 Å². The van der Waals surface area contributed by atoms with Gasteiger partial charge in [0.05, 0.1) is 0 Å². The van der Waals surface area contributed by atoms with E-state index in [4.69, 9.17) is 0 Å². The van der Waals surface area contributed by atoms with Crippen molar-refractivity contribution >= 4 is 23.3 Å². The lowest BCUT2D eigenvalue weighted by Gasteiger charge is -2.35. The molecule has 110 valence electrons. The van der Waals surface area contributed by atoms with E-state index >= 15 is 0 Å². The second-order valence-electron chi connectivity index (χ2n) is 5.31. The van der Waals surface area contributed by atoms with Crippen LogP contribution in [0.15, 0.2) is 30.2 Å². The molecule has 0 aromatic carbocycles. The standard InChI is InChI=1S/C14H20N2O3S/c1-5-8-16(14(2,3)4)13(19)15-11(12(17)18)10-7-6-9-20-10/h5-7,9,11H,1,8H2,2-4H3,(H,15,19)(H,17,18). The molecule has 0 saturated carbocycles. The van der Waals surface area contributed by atoms with Gasteiger partial charge in [0.1, 0.15) is 0 Å². The SMILES string of the molecule is C=CCN(C(=O)NC(C(=O)O)c1cccs1)C(C)(C)C. The Morgan fingerprint density at radius 1 is 1.55 bits per heavy atom. The maximum absolute atomic E-state index is 12.3. The minimum Gasteiger partial charge on any atom is -0.479 e. The highest BCUT2D eigenvalue weighted by Crippen LogP contribution is 2.21. The summed E-state index contributed by atoms with van der Waals surface area (Å²) in [7, 11) is 0. The van der Waals surface area contributed by atoms with E-state index in [9.17, 15) is 14.7 Å². The van der Waals surface area contributed by atoms with Gasteiger partial charge >= 0.3 is 12.0 Å². The third kappa shape index (κ3) is 4.09. The first-order valence-corrected chi connectivity index (χ1v) is 7.10. The number of amides is 2. The van der Waals surface area contributed by atoms with Crippen molar-refractivity contribution in [3.8, 4) is 0 Å². The first-order chi connectivity index (χ1) is 9.27. The van der Waals surface area contributed by atoms with E-state index in [1.54, 1.807) is 28.5 Å². The highest BCUT2D eigenvalue weighted by atomic mass is 32.1. The Bertz CT molecular complexity index is 477. The van der Waals surface area contributed by atoms with Crippen LogP contribution in [0.2, 0.25) is 0 Å². The lowest BCUT2D eigenvalue weighted by atomic mass is 10.1. The van der Waals surface area contributed by atoms with Gasteiger partial charge in [-0.3, -0.25) is 0 Å². The van der Waals surface area contributed by atoms with Crippen LogP contribution < -0.4 is 5.32 Å². The van der Waals surface area contributed by atoms with Gasteiger partial charge in [-0.15, -0.1) is 17.9 Å². The fourth-order valence-corrected chi connectivity index (χ4v) is 2.47. The molecule has 1 heterocycles. The molecule has 0 aliphatic carbocycles. The summed E-state index contributed by atoms with van der Waals surface area (Å²) in [6.45, 7) is 9.64. The van der Waals surface area contributed by atoms with Gasteiger partial charge in [-0.2, -0.15) is 0 Å². The maximum Gasteiger partial charge on any atom is 0.331 e. The molecule has 1 aromatic rings. The molecule has 0 saturated heterocycles. The summed E-state index contributed by atoms with van der Waals surface area (Å²) in [6.07, 6.45) is 1.62. The zero-order valence-electron chi connectivity index (χ0n) is 11.9. The fraction of sp³-hybridized carbons (Fsp3) is 0.429. The van der Waals surface area contributed by atoms with E-state index in [1.807, 2.05) is 20.8 Å². The van der Waals surface area contributed by atoms with Crippen molar-refractivity contribution in [1.82, 2.24) is 10.2 Å². The van der Waals surface area contributed by atoms with Gasteiger partial charge < -0.3 is 15.3 Å². The minimum atomic E-state index is -1.08. The average molecular weight is 296 g/mol. The van der Waals surface area contributed by atoms with Crippen LogP contribution in [0, 0.1) is 0 Å². The van der Waals surface area contributed by atoms with Crippen LogP contribution in [0.1, 0.15) is 31.7 Å². The number of hydrogen-bond acceptors (Lipinski definition) is 3. The largest absolute Gasteiger partial charge is 0.479 e. The summed E-state index contributed by atoms with van der Waals surface area (Å²) >= 11 is 1.30. The van der Waals surface area contributed by atoms with Crippen molar-refractivity contribution in [2.45, 2.75) is 32.4 Å². The molecule has 0 bridgehead atoms. The van der Waals surface area contributed by atoms with Crippen LogP contribution in [0.25, 0.3) is 0 Å². The first kappa shape index (κ1) is 16.2. The number of rotatable bonds is 5. The number of urea groups is 1. The molecule has 2 amide bonds. The van der Waals surface area contributed by atoms with Gasteiger partial charge in [0.25, 0.3) is 0 Å². The number of nitrogens with one attached hydrogen (secondary N) is 1. The summed E-state index contributed by atoms with van der Waals surface area (Å²) < 4.78 is 0. The van der Waals surface area contributed by atoms with Crippen molar-refractivity contribution in [2.24, 2.45) is 0 Å². The van der Waals surface area contributed by atoms with Crippen molar-refractivity contribution in [2.75, 3.05) is 6.54 Å². The average Bonchev–Trinajstić information content (AvgIpc) is 2.84. The quantitative estimate of drug-likeness (QED) is 0.821. The molecule has 1 rings (SSSR count). The normalized spacial score (nSPS) is 12.6. The predicted molar refractivity (Wildman–Crippen MR) is 79.9 cm³/mol. The van der Waals surface area contributed by atoms with Crippen LogP contribution in [-0.2, 0) is 4.79 Å². The Hall–Kier alpha value is -1.82. The highest BCUT2D eigenvalue weighted by molar-refractivity contribution is 7.10. The highest BCUT2D eigenvalue weighted by Gasteiger charge is 2.30. The Labute approximate surface area is 122 Å². The van der Waals surface area contributed by atoms with E-state index < -0.39 is 23.6 Å². The minimum absolute atomic E-state index is 0.353. The lowest BCUT2D eigenvalue weighted by molar-refractivity contribution is -0.139. The molecule has 0 aliphatic heterocycles. The van der Waals surface area contributed by atoms with E-state index in [0.29, 0.717) is 11.4 Å². The van der Waals surface area contributed by atoms with E-state index in [2.05, 4.69) is 11.9 Å². The third-order valence-corrected chi connectivity index (χ3v) is 3.65. The van der Waals surface area contributed by atoms with Gasteiger partial charge in [0, 0.05) is 17.0 Å². The number of nitrogens with zero attached hydrogens (tertiary/aromatic N) is 1. The van der Waals surface area contributed by atoms with E-state index in [-0.39, 0.29) is 0 Å². The second-order valence-corrected chi connectivity index (χ2v) is 6.29. The maximum atomic E-state index is 12.3. The van der Waals surface area contributed by atoms with Crippen molar-refractivity contribution < 1.29 is 14.7 Å². The molecular formula is C14H20N2O3S. The van der Waals surface area contributed by atoms with Gasteiger partial charge in [-0.1, -0.05) is 12.1 Å². The van der Waals surface area contributed by atoms with Crippen LogP contribution in [-0.4, -0.2) is 34.1 Å². The molecule has 1 aromatic heterocycles. The third-order valence-electron chi connectivity index (χ3n) is 2.71. The number of carbonyl (C=O) groups is 2. The molecule has 6 heteroatoms. The summed E-state index contributed by atoms with van der Waals surface area (Å²) in [5.41, 5.74) is -0.420. The number of carbonyl (C=O) groups excluding carboxylic acids is 1. The zero-order chi connectivity index (χ0) is 15.3. The molecule has 1 unspecified atom stereocenters. The summed E-state index contributed by atoms with van der Waals surface area (Å²) in [4.78, 5) is 25.8. The molecular weight excluding hydrogens is 276 g/mol. The summed E-state index contributed by atoms with van der Waals surface area (Å²) in [6, 6.07) is 2.00. The molecule has 0 fully saturated rings. The molecule has 0 aliphatic rings. The zero-order valence-corrected chi connectivity index (χ0v) is 12.7. The number of carboxylic acids is 1. The van der Waals surface area contributed by atoms with Crippen LogP contribution in [0.3, 0.4) is 0 Å². The fourth-order valence-electron chi connectivity index (χ4n) is 1.70.